The molecule has 7 heteroatoms. The third kappa shape index (κ3) is 3.72. The molecule has 0 radical (unpaired) electrons. The monoisotopic (exact) mass is 375 g/mol. The molecular weight excluding hydrogens is 353 g/mol. The van der Waals surface area contributed by atoms with Gasteiger partial charge in [0.05, 0.1) is 10.6 Å². The molecule has 2 amide bonds. The normalized spacial score (nSPS) is 14.5. The van der Waals surface area contributed by atoms with Crippen molar-refractivity contribution < 1.29 is 14.0 Å². The first kappa shape index (κ1) is 18.4. The quantitative estimate of drug-likeness (QED) is 0.829. The average molecular weight is 375 g/mol. The highest BCUT2D eigenvalue weighted by Gasteiger charge is 2.26. The summed E-state index contributed by atoms with van der Waals surface area (Å²) in [4.78, 5) is 32.0. The van der Waals surface area contributed by atoms with E-state index in [1.165, 1.54) is 17.4 Å². The van der Waals surface area contributed by atoms with Crippen molar-refractivity contribution >= 4 is 28.8 Å². The van der Waals surface area contributed by atoms with E-state index >= 15 is 0 Å². The Hall–Kier alpha value is -2.41. The average Bonchev–Trinajstić information content (AvgIpc) is 3.06. The molecule has 2 aromatic rings. The SMILES string of the molecule is Cc1ccc(C(=O)N2CCN(C(=O)c3ccc(N(C)C)c(F)c3)CC2)s1. The fourth-order valence-corrected chi connectivity index (χ4v) is 3.84. The van der Waals surface area contributed by atoms with Gasteiger partial charge in [0, 0.05) is 50.7 Å². The van der Waals surface area contributed by atoms with E-state index in [0.717, 1.165) is 9.75 Å². The lowest BCUT2D eigenvalue weighted by Gasteiger charge is -2.34. The van der Waals surface area contributed by atoms with Crippen LogP contribution in [0.2, 0.25) is 0 Å². The molecule has 0 atom stereocenters. The summed E-state index contributed by atoms with van der Waals surface area (Å²) in [5.41, 5.74) is 0.782. The number of hydrogen-bond donors (Lipinski definition) is 0. The molecule has 5 nitrogen and oxygen atoms in total. The van der Waals surface area contributed by atoms with Crippen LogP contribution in [0, 0.1) is 12.7 Å². The first-order valence-electron chi connectivity index (χ1n) is 8.48. The Kier molecular flexibility index (Phi) is 5.27. The minimum atomic E-state index is -0.414. The highest BCUT2D eigenvalue weighted by molar-refractivity contribution is 7.13. The van der Waals surface area contributed by atoms with Crippen molar-refractivity contribution in [2.24, 2.45) is 0 Å². The molecule has 1 aliphatic rings. The van der Waals surface area contributed by atoms with E-state index < -0.39 is 5.82 Å². The molecule has 0 bridgehead atoms. The second-order valence-corrected chi connectivity index (χ2v) is 7.84. The molecule has 0 aliphatic carbocycles. The lowest BCUT2D eigenvalue weighted by Crippen LogP contribution is -2.50. The second-order valence-electron chi connectivity index (χ2n) is 6.56. The fraction of sp³-hybridized carbons (Fsp3) is 0.368. The third-order valence-electron chi connectivity index (χ3n) is 4.48. The summed E-state index contributed by atoms with van der Waals surface area (Å²) in [7, 11) is 3.51. The Labute approximate surface area is 156 Å². The summed E-state index contributed by atoms with van der Waals surface area (Å²) >= 11 is 1.48. The van der Waals surface area contributed by atoms with Gasteiger partial charge in [-0.15, -0.1) is 11.3 Å². The number of nitrogens with zero attached hydrogens (tertiary/aromatic N) is 3. The van der Waals surface area contributed by atoms with Crippen LogP contribution in [0.15, 0.2) is 30.3 Å². The molecule has 1 fully saturated rings. The van der Waals surface area contributed by atoms with Crippen molar-refractivity contribution in [3.8, 4) is 0 Å². The van der Waals surface area contributed by atoms with Gasteiger partial charge >= 0.3 is 0 Å². The molecule has 3 rings (SSSR count). The van der Waals surface area contributed by atoms with E-state index in [9.17, 15) is 14.0 Å². The van der Waals surface area contributed by atoms with Gasteiger partial charge in [0.1, 0.15) is 5.82 Å². The van der Waals surface area contributed by atoms with Gasteiger partial charge in [-0.25, -0.2) is 4.39 Å². The molecule has 1 aliphatic heterocycles. The second kappa shape index (κ2) is 7.45. The predicted octanol–water partition coefficient (Wildman–Crippen LogP) is 2.86. The van der Waals surface area contributed by atoms with Gasteiger partial charge < -0.3 is 14.7 Å². The number of halogens is 1. The Bertz CT molecular complexity index is 826. The summed E-state index contributed by atoms with van der Waals surface area (Å²) in [6.45, 7) is 3.84. The van der Waals surface area contributed by atoms with Gasteiger partial charge in [0.15, 0.2) is 0 Å². The number of rotatable bonds is 3. The molecular formula is C19H22FN3O2S. The molecule has 0 spiro atoms. The summed E-state index contributed by atoms with van der Waals surface area (Å²) < 4.78 is 14.1. The van der Waals surface area contributed by atoms with Crippen molar-refractivity contribution in [3.63, 3.8) is 0 Å². The highest BCUT2D eigenvalue weighted by atomic mass is 32.1. The number of amides is 2. The van der Waals surface area contributed by atoms with Crippen LogP contribution in [0.4, 0.5) is 10.1 Å². The van der Waals surface area contributed by atoms with Gasteiger partial charge in [0.25, 0.3) is 11.8 Å². The highest BCUT2D eigenvalue weighted by Crippen LogP contribution is 2.21. The molecule has 0 N–H and O–H groups in total. The predicted molar refractivity (Wildman–Crippen MR) is 102 cm³/mol. The van der Waals surface area contributed by atoms with E-state index in [2.05, 4.69) is 0 Å². The van der Waals surface area contributed by atoms with Crippen molar-refractivity contribution in [2.45, 2.75) is 6.92 Å². The molecule has 0 unspecified atom stereocenters. The van der Waals surface area contributed by atoms with Crippen LogP contribution < -0.4 is 4.90 Å². The summed E-state index contributed by atoms with van der Waals surface area (Å²) in [5.74, 6) is -0.604. The van der Waals surface area contributed by atoms with E-state index in [-0.39, 0.29) is 11.8 Å². The van der Waals surface area contributed by atoms with Gasteiger partial charge in [-0.05, 0) is 37.3 Å². The van der Waals surface area contributed by atoms with Crippen LogP contribution >= 0.6 is 11.3 Å². The zero-order valence-electron chi connectivity index (χ0n) is 15.2. The molecule has 0 saturated carbocycles. The van der Waals surface area contributed by atoms with Crippen LogP contribution in [0.1, 0.15) is 24.9 Å². The van der Waals surface area contributed by atoms with Crippen LogP contribution in [0.3, 0.4) is 0 Å². The van der Waals surface area contributed by atoms with Crippen LogP contribution in [0.25, 0.3) is 0 Å². The number of anilines is 1. The summed E-state index contributed by atoms with van der Waals surface area (Å²) in [6, 6.07) is 8.32. The van der Waals surface area contributed by atoms with E-state index in [1.54, 1.807) is 40.9 Å². The number of carbonyl (C=O) groups is 2. The maximum Gasteiger partial charge on any atom is 0.264 e. The Morgan fingerprint density at radius 3 is 2.12 bits per heavy atom. The lowest BCUT2D eigenvalue weighted by atomic mass is 10.1. The van der Waals surface area contributed by atoms with Crippen molar-refractivity contribution in [1.82, 2.24) is 9.80 Å². The van der Waals surface area contributed by atoms with Gasteiger partial charge in [0.2, 0.25) is 0 Å². The van der Waals surface area contributed by atoms with Crippen molar-refractivity contribution in [2.75, 3.05) is 45.2 Å². The molecule has 2 heterocycles. The van der Waals surface area contributed by atoms with E-state index in [4.69, 9.17) is 0 Å². The number of aryl methyl sites for hydroxylation is 1. The number of piperazine rings is 1. The zero-order chi connectivity index (χ0) is 18.8. The van der Waals surface area contributed by atoms with Crippen LogP contribution in [-0.4, -0.2) is 61.9 Å². The molecule has 138 valence electrons. The van der Waals surface area contributed by atoms with Crippen LogP contribution in [0.5, 0.6) is 0 Å². The fourth-order valence-electron chi connectivity index (χ4n) is 3.00. The maximum absolute atomic E-state index is 14.1. The number of hydrogen-bond acceptors (Lipinski definition) is 4. The number of carbonyl (C=O) groups excluding carboxylic acids is 2. The van der Waals surface area contributed by atoms with Gasteiger partial charge in [-0.2, -0.15) is 0 Å². The summed E-state index contributed by atoms with van der Waals surface area (Å²) in [5, 5.41) is 0. The smallest absolute Gasteiger partial charge is 0.264 e. The maximum atomic E-state index is 14.1. The van der Waals surface area contributed by atoms with Crippen molar-refractivity contribution in [3.05, 3.63) is 51.5 Å². The number of thiophene rings is 1. The topological polar surface area (TPSA) is 43.9 Å². The Morgan fingerprint density at radius 1 is 1.00 bits per heavy atom. The first-order chi connectivity index (χ1) is 12.4. The Balaban J connectivity index is 1.63. The molecule has 1 aromatic carbocycles. The molecule has 1 saturated heterocycles. The largest absolute Gasteiger partial charge is 0.375 e. The third-order valence-corrected chi connectivity index (χ3v) is 5.47. The van der Waals surface area contributed by atoms with Crippen molar-refractivity contribution in [1.29, 1.82) is 0 Å². The number of benzene rings is 1. The lowest BCUT2D eigenvalue weighted by molar-refractivity contribution is 0.0538. The van der Waals surface area contributed by atoms with Gasteiger partial charge in [-0.1, -0.05) is 0 Å². The molecule has 1 aromatic heterocycles. The van der Waals surface area contributed by atoms with E-state index in [1.807, 2.05) is 19.1 Å². The Morgan fingerprint density at radius 2 is 1.62 bits per heavy atom. The summed E-state index contributed by atoms with van der Waals surface area (Å²) in [6.07, 6.45) is 0. The minimum Gasteiger partial charge on any atom is -0.375 e. The zero-order valence-corrected chi connectivity index (χ0v) is 16.0. The van der Waals surface area contributed by atoms with E-state index in [0.29, 0.717) is 37.4 Å². The van der Waals surface area contributed by atoms with Crippen LogP contribution in [-0.2, 0) is 0 Å². The first-order valence-corrected chi connectivity index (χ1v) is 9.30. The standard InChI is InChI=1S/C19H22FN3O2S/c1-13-4-7-17(26-13)19(25)23-10-8-22(9-11-23)18(24)14-5-6-16(21(2)3)15(20)12-14/h4-7,12H,8-11H2,1-3H3. The minimum absolute atomic E-state index is 0.0107. The van der Waals surface area contributed by atoms with Gasteiger partial charge in [-0.3, -0.25) is 9.59 Å². The molecule has 26 heavy (non-hydrogen) atoms.